The standard InChI is InChI=1S/2C3H7O.Y/c2*1-3-4-2;/h2*3H,1-2H3;/q2*-1;+3. The van der Waals surface area contributed by atoms with Gasteiger partial charge in [0.1, 0.15) is 0 Å². The molecule has 2 nitrogen and oxygen atoms in total. The number of ether oxygens (including phenoxy) is 2. The molecule has 0 aliphatic heterocycles. The summed E-state index contributed by atoms with van der Waals surface area (Å²) in [7, 11) is 3.25. The summed E-state index contributed by atoms with van der Waals surface area (Å²) >= 11 is 0. The first-order valence-corrected chi connectivity index (χ1v) is 2.44. The fourth-order valence-corrected chi connectivity index (χ4v) is 0. The van der Waals surface area contributed by atoms with Crippen molar-refractivity contribution < 1.29 is 42.2 Å². The van der Waals surface area contributed by atoms with Crippen molar-refractivity contribution in [3.8, 4) is 0 Å². The van der Waals surface area contributed by atoms with Crippen LogP contribution in [0.25, 0.3) is 0 Å². The molecule has 9 heavy (non-hydrogen) atoms. The molecule has 0 aromatic rings. The van der Waals surface area contributed by atoms with Gasteiger partial charge in [-0.2, -0.15) is 13.8 Å². The predicted molar refractivity (Wildman–Crippen MR) is 34.0 cm³/mol. The number of rotatable bonds is 2. The normalized spacial score (nSPS) is 6.67. The topological polar surface area (TPSA) is 18.5 Å². The maximum atomic E-state index is 4.42. The Morgan fingerprint density at radius 1 is 0.889 bits per heavy atom. The minimum Gasteiger partial charge on any atom is -0.555 e. The summed E-state index contributed by atoms with van der Waals surface area (Å²) in [4.78, 5) is 0. The molecule has 0 N–H and O–H groups in total. The second-order valence-electron chi connectivity index (χ2n) is 0.943. The van der Waals surface area contributed by atoms with E-state index in [1.54, 1.807) is 27.4 Å². The van der Waals surface area contributed by atoms with E-state index in [-0.39, 0.29) is 32.7 Å². The zero-order valence-electron chi connectivity index (χ0n) is 6.55. The van der Waals surface area contributed by atoms with Crippen LogP contribution in [0.5, 0.6) is 0 Å². The Morgan fingerprint density at radius 3 is 1.00 bits per heavy atom. The van der Waals surface area contributed by atoms with Crippen molar-refractivity contribution in [1.82, 2.24) is 0 Å². The molecule has 0 bridgehead atoms. The first-order valence-electron chi connectivity index (χ1n) is 2.44. The molecule has 3 heteroatoms. The van der Waals surface area contributed by atoms with Crippen molar-refractivity contribution in [3.05, 3.63) is 13.2 Å². The van der Waals surface area contributed by atoms with Crippen molar-refractivity contribution in [2.24, 2.45) is 0 Å². The minimum atomic E-state index is 0. The fourth-order valence-electron chi connectivity index (χ4n) is 0. The maximum absolute atomic E-state index is 4.42. The van der Waals surface area contributed by atoms with Crippen molar-refractivity contribution in [1.29, 1.82) is 0 Å². The minimum absolute atomic E-state index is 0. The van der Waals surface area contributed by atoms with Crippen molar-refractivity contribution >= 4 is 0 Å². The molecule has 0 atom stereocenters. The Balaban J connectivity index is -0.0000000720. The summed E-state index contributed by atoms with van der Waals surface area (Å²) in [5.41, 5.74) is 0. The summed E-state index contributed by atoms with van der Waals surface area (Å²) in [6.45, 7) is 6.92. The van der Waals surface area contributed by atoms with Crippen LogP contribution in [0.2, 0.25) is 0 Å². The zero-order valence-corrected chi connectivity index (χ0v) is 9.39. The molecular formula is C6H14O2Y+. The quantitative estimate of drug-likeness (QED) is 0.640. The molecule has 0 heterocycles. The van der Waals surface area contributed by atoms with Crippen LogP contribution in [0.3, 0.4) is 0 Å². The predicted octanol–water partition coefficient (Wildman–Crippen LogP) is 1.63. The van der Waals surface area contributed by atoms with Crippen LogP contribution in [0.15, 0.2) is 0 Å². The van der Waals surface area contributed by atoms with Gasteiger partial charge in [0.25, 0.3) is 0 Å². The van der Waals surface area contributed by atoms with E-state index in [2.05, 4.69) is 9.47 Å². The van der Waals surface area contributed by atoms with Gasteiger partial charge in [-0.05, 0) is 14.2 Å². The van der Waals surface area contributed by atoms with E-state index in [0.29, 0.717) is 0 Å². The molecule has 52 valence electrons. The van der Waals surface area contributed by atoms with Gasteiger partial charge in [-0.25, -0.2) is 13.2 Å². The van der Waals surface area contributed by atoms with Gasteiger partial charge in [-0.1, -0.05) is 0 Å². The molecule has 0 aromatic carbocycles. The molecule has 0 aliphatic carbocycles. The Labute approximate surface area is 83.2 Å². The SMILES string of the molecule is C[CH-]OC.C[CH-]OC.[Y+3]. The third-order valence-electron chi connectivity index (χ3n) is 0.471. The van der Waals surface area contributed by atoms with Gasteiger partial charge in [-0.3, -0.25) is 0 Å². The number of hydrogen-bond donors (Lipinski definition) is 0. The molecule has 0 fully saturated rings. The zero-order chi connectivity index (χ0) is 6.83. The Bertz CT molecular complexity index is 19.0. The van der Waals surface area contributed by atoms with Crippen LogP contribution < -0.4 is 0 Å². The van der Waals surface area contributed by atoms with Crippen LogP contribution in [0.1, 0.15) is 13.8 Å². The summed E-state index contributed by atoms with van der Waals surface area (Å²) in [5.74, 6) is 0. The molecule has 0 saturated carbocycles. The molecule has 0 rings (SSSR count). The van der Waals surface area contributed by atoms with E-state index < -0.39 is 0 Å². The van der Waals surface area contributed by atoms with E-state index in [9.17, 15) is 0 Å². The summed E-state index contributed by atoms with van der Waals surface area (Å²) in [6, 6.07) is 0. The van der Waals surface area contributed by atoms with Crippen molar-refractivity contribution in [2.75, 3.05) is 14.2 Å². The van der Waals surface area contributed by atoms with Gasteiger partial charge in [-0.15, -0.1) is 0 Å². The Kier molecular flexibility index (Phi) is 42.3. The maximum Gasteiger partial charge on any atom is 3.00 e. The van der Waals surface area contributed by atoms with E-state index in [0.717, 1.165) is 0 Å². The van der Waals surface area contributed by atoms with Crippen LogP contribution in [0.4, 0.5) is 0 Å². The van der Waals surface area contributed by atoms with Gasteiger partial charge in [0, 0.05) is 0 Å². The molecule has 0 spiro atoms. The van der Waals surface area contributed by atoms with Crippen LogP contribution >= 0.6 is 0 Å². The molecule has 0 aliphatic rings. The second kappa shape index (κ2) is 23.0. The van der Waals surface area contributed by atoms with E-state index >= 15 is 0 Å². The summed E-state index contributed by atoms with van der Waals surface area (Å²) < 4.78 is 8.83. The largest absolute Gasteiger partial charge is 3.00 e. The second-order valence-corrected chi connectivity index (χ2v) is 0.943. The van der Waals surface area contributed by atoms with Crippen LogP contribution in [0, 0.1) is 13.2 Å². The fraction of sp³-hybridized carbons (Fsp3) is 0.667. The molecular weight excluding hydrogens is 193 g/mol. The van der Waals surface area contributed by atoms with E-state index in [4.69, 9.17) is 0 Å². The van der Waals surface area contributed by atoms with E-state index in [1.165, 1.54) is 0 Å². The molecule has 0 amide bonds. The van der Waals surface area contributed by atoms with Gasteiger partial charge in [0.05, 0.1) is 0 Å². The molecule has 0 unspecified atom stereocenters. The van der Waals surface area contributed by atoms with Gasteiger partial charge < -0.3 is 9.47 Å². The summed E-state index contributed by atoms with van der Waals surface area (Å²) in [5, 5.41) is 0. The first-order chi connectivity index (χ1) is 3.83. The average molecular weight is 207 g/mol. The number of methoxy groups -OCH3 is 2. The molecule has 0 radical (unpaired) electrons. The third kappa shape index (κ3) is 48.7. The van der Waals surface area contributed by atoms with Gasteiger partial charge in [0.15, 0.2) is 0 Å². The van der Waals surface area contributed by atoms with Crippen molar-refractivity contribution in [3.63, 3.8) is 0 Å². The first kappa shape index (κ1) is 16.5. The molecule has 0 saturated heterocycles. The van der Waals surface area contributed by atoms with Gasteiger partial charge in [0.2, 0.25) is 0 Å². The Hall–Kier alpha value is 1.02. The summed E-state index contributed by atoms with van der Waals surface area (Å²) in [6.07, 6.45) is 0. The number of hydrogen-bond acceptors (Lipinski definition) is 2. The molecule has 0 aromatic heterocycles. The monoisotopic (exact) mass is 207 g/mol. The van der Waals surface area contributed by atoms with Crippen molar-refractivity contribution in [2.45, 2.75) is 13.8 Å². The van der Waals surface area contributed by atoms with Crippen LogP contribution in [-0.2, 0) is 42.2 Å². The van der Waals surface area contributed by atoms with Crippen LogP contribution in [-0.4, -0.2) is 14.2 Å². The Morgan fingerprint density at radius 2 is 1.00 bits per heavy atom. The van der Waals surface area contributed by atoms with Gasteiger partial charge >= 0.3 is 32.7 Å². The van der Waals surface area contributed by atoms with E-state index in [1.807, 2.05) is 13.8 Å². The third-order valence-corrected chi connectivity index (χ3v) is 0.471. The average Bonchev–Trinajstić information content (AvgIpc) is 1.88. The smallest absolute Gasteiger partial charge is 0.555 e.